The van der Waals surface area contributed by atoms with Crippen molar-refractivity contribution >= 4 is 5.91 Å². The van der Waals surface area contributed by atoms with Gasteiger partial charge in [0.2, 0.25) is 5.91 Å². The van der Waals surface area contributed by atoms with Crippen LogP contribution < -0.4 is 5.73 Å². The summed E-state index contributed by atoms with van der Waals surface area (Å²) in [5.74, 6) is 2.64. The molecule has 3 heteroatoms. The van der Waals surface area contributed by atoms with Crippen LogP contribution in [0.5, 0.6) is 0 Å². The van der Waals surface area contributed by atoms with Crippen LogP contribution in [-0.4, -0.2) is 30.4 Å². The molecule has 0 spiro atoms. The van der Waals surface area contributed by atoms with E-state index in [-0.39, 0.29) is 17.4 Å². The summed E-state index contributed by atoms with van der Waals surface area (Å²) in [6.07, 6.45) is 9.51. The van der Waals surface area contributed by atoms with Gasteiger partial charge in [-0.3, -0.25) is 4.79 Å². The first-order valence-electron chi connectivity index (χ1n) is 7.65. The smallest absolute Gasteiger partial charge is 0.240 e. The van der Waals surface area contributed by atoms with Crippen molar-refractivity contribution in [3.8, 4) is 0 Å². The molecule has 4 rings (SSSR count). The Morgan fingerprint density at radius 1 is 1.32 bits per heavy atom. The van der Waals surface area contributed by atoms with Gasteiger partial charge in [-0.2, -0.15) is 0 Å². The Kier molecular flexibility index (Phi) is 3.20. The van der Waals surface area contributed by atoms with E-state index in [1.807, 2.05) is 7.05 Å². The highest BCUT2D eigenvalue weighted by Gasteiger charge is 2.55. The lowest BCUT2D eigenvalue weighted by Crippen LogP contribution is -2.59. The highest BCUT2D eigenvalue weighted by atomic mass is 16.2. The van der Waals surface area contributed by atoms with Crippen molar-refractivity contribution in [1.29, 1.82) is 0 Å². The van der Waals surface area contributed by atoms with Crippen LogP contribution in [0.3, 0.4) is 0 Å². The van der Waals surface area contributed by atoms with Gasteiger partial charge < -0.3 is 10.6 Å². The largest absolute Gasteiger partial charge is 0.341 e. The first kappa shape index (κ1) is 13.2. The highest BCUT2D eigenvalue weighted by molar-refractivity contribution is 5.82. The van der Waals surface area contributed by atoms with E-state index in [4.69, 9.17) is 5.73 Å². The van der Waals surface area contributed by atoms with E-state index in [2.05, 4.69) is 6.58 Å². The summed E-state index contributed by atoms with van der Waals surface area (Å²) in [7, 11) is 1.84. The van der Waals surface area contributed by atoms with Gasteiger partial charge in [-0.1, -0.05) is 6.08 Å². The Morgan fingerprint density at radius 2 is 1.79 bits per heavy atom. The molecule has 0 aliphatic heterocycles. The molecule has 4 aliphatic rings. The maximum absolute atomic E-state index is 12.5. The van der Waals surface area contributed by atoms with E-state index < -0.39 is 0 Å². The lowest BCUT2D eigenvalue weighted by Gasteiger charge is -2.58. The van der Waals surface area contributed by atoms with Gasteiger partial charge in [0, 0.05) is 13.6 Å². The lowest BCUT2D eigenvalue weighted by molar-refractivity contribution is -0.141. The molecule has 1 unspecified atom stereocenters. The van der Waals surface area contributed by atoms with Gasteiger partial charge in [0.1, 0.15) is 0 Å². The maximum Gasteiger partial charge on any atom is 0.240 e. The number of nitrogens with two attached hydrogens (primary N) is 1. The summed E-state index contributed by atoms with van der Waals surface area (Å²) in [4.78, 5) is 14.2. The topological polar surface area (TPSA) is 46.3 Å². The van der Waals surface area contributed by atoms with Crippen molar-refractivity contribution in [2.75, 3.05) is 13.6 Å². The molecule has 0 radical (unpaired) electrons. The van der Waals surface area contributed by atoms with Crippen LogP contribution in [0.4, 0.5) is 0 Å². The summed E-state index contributed by atoms with van der Waals surface area (Å²) in [5.41, 5.74) is 6.53. The Hall–Kier alpha value is -0.830. The molecule has 1 atom stereocenters. The third-order valence-corrected chi connectivity index (χ3v) is 5.79. The molecule has 1 amide bonds. The van der Waals surface area contributed by atoms with E-state index in [1.54, 1.807) is 11.0 Å². The normalized spacial score (nSPS) is 41.1. The van der Waals surface area contributed by atoms with E-state index >= 15 is 0 Å². The van der Waals surface area contributed by atoms with E-state index in [1.165, 1.54) is 38.5 Å². The minimum atomic E-state index is -0.300. The zero-order valence-corrected chi connectivity index (χ0v) is 12.0. The molecule has 4 aliphatic carbocycles. The number of hydrogen-bond donors (Lipinski definition) is 1. The maximum atomic E-state index is 12.5. The number of carbonyl (C=O) groups is 1. The molecule has 0 aromatic carbocycles. The van der Waals surface area contributed by atoms with Crippen LogP contribution in [0.1, 0.15) is 38.5 Å². The average Bonchev–Trinajstić information content (AvgIpc) is 2.35. The lowest BCUT2D eigenvalue weighted by atomic mass is 9.47. The van der Waals surface area contributed by atoms with Gasteiger partial charge in [0.25, 0.3) is 0 Å². The van der Waals surface area contributed by atoms with Crippen LogP contribution in [0.2, 0.25) is 0 Å². The molecule has 4 bridgehead atoms. The third kappa shape index (κ3) is 2.12. The summed E-state index contributed by atoms with van der Waals surface area (Å²) in [6, 6.07) is -0.300. The van der Waals surface area contributed by atoms with E-state index in [0.29, 0.717) is 6.54 Å². The minimum Gasteiger partial charge on any atom is -0.341 e. The predicted molar refractivity (Wildman–Crippen MR) is 76.4 cm³/mol. The Labute approximate surface area is 116 Å². The second kappa shape index (κ2) is 4.62. The van der Waals surface area contributed by atoms with Crippen LogP contribution in [0.25, 0.3) is 0 Å². The van der Waals surface area contributed by atoms with Crippen molar-refractivity contribution in [1.82, 2.24) is 4.90 Å². The van der Waals surface area contributed by atoms with Crippen molar-refractivity contribution in [2.24, 2.45) is 28.9 Å². The number of rotatable bonds is 4. The highest BCUT2D eigenvalue weighted by Crippen LogP contribution is 2.61. The second-order valence-corrected chi connectivity index (χ2v) is 7.27. The number of hydrogen-bond acceptors (Lipinski definition) is 2. The van der Waals surface area contributed by atoms with E-state index in [0.717, 1.165) is 17.8 Å². The molecule has 0 aromatic rings. The van der Waals surface area contributed by atoms with Crippen LogP contribution in [-0.2, 0) is 4.79 Å². The Balaban J connectivity index is 1.77. The zero-order chi connectivity index (χ0) is 13.6. The monoisotopic (exact) mass is 262 g/mol. The summed E-state index contributed by atoms with van der Waals surface area (Å²) in [5, 5.41) is 0. The van der Waals surface area contributed by atoms with Gasteiger partial charge in [-0.15, -0.1) is 6.58 Å². The van der Waals surface area contributed by atoms with Crippen LogP contribution >= 0.6 is 0 Å². The molecule has 3 nitrogen and oxygen atoms in total. The quantitative estimate of drug-likeness (QED) is 0.789. The fraction of sp³-hybridized carbons (Fsp3) is 0.812. The molecule has 2 N–H and O–H groups in total. The van der Waals surface area contributed by atoms with Crippen molar-refractivity contribution in [3.63, 3.8) is 0 Å². The fourth-order valence-corrected chi connectivity index (χ4v) is 5.34. The molecule has 0 saturated heterocycles. The van der Waals surface area contributed by atoms with Gasteiger partial charge >= 0.3 is 0 Å². The molecule has 4 fully saturated rings. The van der Waals surface area contributed by atoms with Gasteiger partial charge in [0.05, 0.1) is 6.04 Å². The first-order valence-corrected chi connectivity index (χ1v) is 7.65. The molecule has 19 heavy (non-hydrogen) atoms. The minimum absolute atomic E-state index is 0.112. The molecular formula is C16H26N2O. The van der Waals surface area contributed by atoms with E-state index in [9.17, 15) is 4.79 Å². The predicted octanol–water partition coefficient (Wildman–Crippen LogP) is 2.17. The molecule has 106 valence electrons. The molecule has 4 saturated carbocycles. The molecular weight excluding hydrogens is 236 g/mol. The third-order valence-electron chi connectivity index (χ3n) is 5.79. The van der Waals surface area contributed by atoms with Crippen molar-refractivity contribution in [3.05, 3.63) is 12.7 Å². The first-order chi connectivity index (χ1) is 9.04. The Morgan fingerprint density at radius 3 is 2.21 bits per heavy atom. The second-order valence-electron chi connectivity index (χ2n) is 7.27. The van der Waals surface area contributed by atoms with Crippen LogP contribution in [0, 0.1) is 23.2 Å². The SMILES string of the molecule is C=CCN(C)C(=O)C(N)C12CC3CC(CC(C3)C1)C2. The zero-order valence-electron chi connectivity index (χ0n) is 12.0. The average molecular weight is 262 g/mol. The molecule has 0 heterocycles. The van der Waals surface area contributed by atoms with Gasteiger partial charge in [-0.25, -0.2) is 0 Å². The van der Waals surface area contributed by atoms with Crippen molar-refractivity contribution in [2.45, 2.75) is 44.6 Å². The summed E-state index contributed by atoms with van der Waals surface area (Å²) in [6.45, 7) is 4.30. The summed E-state index contributed by atoms with van der Waals surface area (Å²) < 4.78 is 0. The van der Waals surface area contributed by atoms with Gasteiger partial charge in [0.15, 0.2) is 0 Å². The standard InChI is InChI=1S/C16H26N2O/c1-3-4-18(2)15(19)14(17)16-8-11-5-12(9-16)7-13(6-11)10-16/h3,11-14H,1,4-10,17H2,2H3. The van der Waals surface area contributed by atoms with Gasteiger partial charge in [-0.05, 0) is 61.7 Å². The van der Waals surface area contributed by atoms with Crippen molar-refractivity contribution < 1.29 is 4.79 Å². The Bertz CT molecular complexity index is 355. The summed E-state index contributed by atoms with van der Waals surface area (Å²) >= 11 is 0. The number of carbonyl (C=O) groups excluding carboxylic acids is 1. The molecule has 0 aromatic heterocycles. The fourth-order valence-electron chi connectivity index (χ4n) is 5.34. The number of amides is 1. The van der Waals surface area contributed by atoms with Crippen LogP contribution in [0.15, 0.2) is 12.7 Å². The number of nitrogens with zero attached hydrogens (tertiary/aromatic N) is 1. The number of likely N-dealkylation sites (N-methyl/N-ethyl adjacent to an activating group) is 1.